The summed E-state index contributed by atoms with van der Waals surface area (Å²) >= 11 is 1.70. The maximum Gasteiger partial charge on any atom is 0.237 e. The van der Waals surface area contributed by atoms with E-state index in [9.17, 15) is 4.79 Å². The Morgan fingerprint density at radius 1 is 1.71 bits per heavy atom. The third-order valence-corrected chi connectivity index (χ3v) is 3.02. The summed E-state index contributed by atoms with van der Waals surface area (Å²) in [5.41, 5.74) is 6.86. The van der Waals surface area contributed by atoms with Crippen LogP contribution in [0.15, 0.2) is 12.4 Å². The standard InChI is InChI=1S/C11H20N4OS/c1-9-7-14-15(8-9)5-4-13-11(16)10(12)3-6-17-2/h7-8,10H,3-6,12H2,1-2H3,(H,13,16)/t10-/m1/s1. The summed E-state index contributed by atoms with van der Waals surface area (Å²) in [7, 11) is 0. The number of aryl methyl sites for hydroxylation is 1. The molecular formula is C11H20N4OS. The first-order chi connectivity index (χ1) is 8.13. The molecule has 1 heterocycles. The second kappa shape index (κ2) is 7.34. The van der Waals surface area contributed by atoms with E-state index in [0.29, 0.717) is 19.5 Å². The van der Waals surface area contributed by atoms with Gasteiger partial charge in [0.15, 0.2) is 0 Å². The molecule has 0 saturated carbocycles. The zero-order valence-corrected chi connectivity index (χ0v) is 11.2. The topological polar surface area (TPSA) is 72.9 Å². The Labute approximate surface area is 106 Å². The Hall–Kier alpha value is -1.01. The van der Waals surface area contributed by atoms with Gasteiger partial charge in [-0.1, -0.05) is 0 Å². The number of carbonyl (C=O) groups excluding carboxylic acids is 1. The van der Waals surface area contributed by atoms with Crippen LogP contribution in [-0.4, -0.2) is 40.3 Å². The first-order valence-corrected chi connectivity index (χ1v) is 7.04. The number of nitrogens with two attached hydrogens (primary N) is 1. The smallest absolute Gasteiger partial charge is 0.237 e. The van der Waals surface area contributed by atoms with Crippen molar-refractivity contribution in [2.75, 3.05) is 18.6 Å². The maximum absolute atomic E-state index is 11.6. The van der Waals surface area contributed by atoms with Crippen LogP contribution >= 0.6 is 11.8 Å². The van der Waals surface area contributed by atoms with Gasteiger partial charge in [-0.25, -0.2) is 0 Å². The van der Waals surface area contributed by atoms with Gasteiger partial charge in [-0.05, 0) is 30.9 Å². The van der Waals surface area contributed by atoms with E-state index in [0.717, 1.165) is 11.3 Å². The molecule has 0 aliphatic carbocycles. The number of hydrogen-bond acceptors (Lipinski definition) is 4. The minimum Gasteiger partial charge on any atom is -0.353 e. The largest absolute Gasteiger partial charge is 0.353 e. The van der Waals surface area contributed by atoms with Gasteiger partial charge in [-0.15, -0.1) is 0 Å². The minimum absolute atomic E-state index is 0.0806. The lowest BCUT2D eigenvalue weighted by molar-refractivity contribution is -0.122. The van der Waals surface area contributed by atoms with Crippen molar-refractivity contribution in [1.29, 1.82) is 0 Å². The van der Waals surface area contributed by atoms with Crippen molar-refractivity contribution in [3.05, 3.63) is 18.0 Å². The van der Waals surface area contributed by atoms with Crippen LogP contribution in [0.25, 0.3) is 0 Å². The molecule has 0 aliphatic heterocycles. The molecule has 3 N–H and O–H groups in total. The second-order valence-electron chi connectivity index (χ2n) is 3.96. The number of thioether (sulfide) groups is 1. The zero-order valence-electron chi connectivity index (χ0n) is 10.3. The fraction of sp³-hybridized carbons (Fsp3) is 0.636. The fourth-order valence-corrected chi connectivity index (χ4v) is 1.88. The molecule has 0 radical (unpaired) electrons. The Kier molecular flexibility index (Phi) is 6.07. The molecule has 1 aromatic rings. The highest BCUT2D eigenvalue weighted by atomic mass is 32.2. The molecule has 1 atom stereocenters. The molecule has 1 amide bonds. The van der Waals surface area contributed by atoms with Gasteiger partial charge in [0.25, 0.3) is 0 Å². The van der Waals surface area contributed by atoms with Gasteiger partial charge in [0.05, 0.1) is 18.8 Å². The summed E-state index contributed by atoms with van der Waals surface area (Å²) in [6, 6.07) is -0.401. The SMILES string of the molecule is CSCC[C@@H](N)C(=O)NCCn1cc(C)cn1. The molecule has 1 aromatic heterocycles. The Balaban J connectivity index is 2.19. The maximum atomic E-state index is 11.6. The summed E-state index contributed by atoms with van der Waals surface area (Å²) in [6.07, 6.45) is 6.46. The van der Waals surface area contributed by atoms with Crippen LogP contribution in [0.2, 0.25) is 0 Å². The molecular weight excluding hydrogens is 236 g/mol. The number of amides is 1. The average molecular weight is 256 g/mol. The minimum atomic E-state index is -0.401. The second-order valence-corrected chi connectivity index (χ2v) is 4.95. The summed E-state index contributed by atoms with van der Waals surface area (Å²) in [6.45, 7) is 3.22. The van der Waals surface area contributed by atoms with Gasteiger partial charge < -0.3 is 11.1 Å². The number of nitrogens with one attached hydrogen (secondary N) is 1. The third-order valence-electron chi connectivity index (χ3n) is 2.37. The molecule has 0 saturated heterocycles. The highest BCUT2D eigenvalue weighted by molar-refractivity contribution is 7.98. The third kappa shape index (κ3) is 5.23. The van der Waals surface area contributed by atoms with E-state index >= 15 is 0 Å². The molecule has 6 heteroatoms. The number of rotatable bonds is 7. The number of aromatic nitrogens is 2. The van der Waals surface area contributed by atoms with Crippen molar-refractivity contribution in [2.45, 2.75) is 25.9 Å². The predicted molar refractivity (Wildman–Crippen MR) is 70.9 cm³/mol. The molecule has 96 valence electrons. The number of nitrogens with zero attached hydrogens (tertiary/aromatic N) is 2. The number of hydrogen-bond donors (Lipinski definition) is 2. The van der Waals surface area contributed by atoms with Gasteiger partial charge in [0.1, 0.15) is 0 Å². The van der Waals surface area contributed by atoms with E-state index in [4.69, 9.17) is 5.73 Å². The fourth-order valence-electron chi connectivity index (χ4n) is 1.39. The molecule has 0 unspecified atom stereocenters. The average Bonchev–Trinajstić information content (AvgIpc) is 2.71. The zero-order chi connectivity index (χ0) is 12.7. The van der Waals surface area contributed by atoms with Crippen molar-refractivity contribution in [3.8, 4) is 0 Å². The van der Waals surface area contributed by atoms with E-state index < -0.39 is 6.04 Å². The lowest BCUT2D eigenvalue weighted by atomic mass is 10.2. The van der Waals surface area contributed by atoms with Crippen LogP contribution in [0, 0.1) is 6.92 Å². The van der Waals surface area contributed by atoms with E-state index in [-0.39, 0.29) is 5.91 Å². The first-order valence-electron chi connectivity index (χ1n) is 5.64. The summed E-state index contributed by atoms with van der Waals surface area (Å²) < 4.78 is 1.81. The molecule has 5 nitrogen and oxygen atoms in total. The van der Waals surface area contributed by atoms with E-state index in [2.05, 4.69) is 10.4 Å². The van der Waals surface area contributed by atoms with Crippen molar-refractivity contribution in [2.24, 2.45) is 5.73 Å². The van der Waals surface area contributed by atoms with Gasteiger partial charge in [-0.2, -0.15) is 16.9 Å². The molecule has 17 heavy (non-hydrogen) atoms. The Bertz CT molecular complexity index is 353. The Morgan fingerprint density at radius 2 is 2.47 bits per heavy atom. The van der Waals surface area contributed by atoms with E-state index in [1.165, 1.54) is 0 Å². The molecule has 1 rings (SSSR count). The quantitative estimate of drug-likeness (QED) is 0.740. The van der Waals surface area contributed by atoms with Gasteiger partial charge in [-0.3, -0.25) is 9.48 Å². The van der Waals surface area contributed by atoms with Crippen LogP contribution in [-0.2, 0) is 11.3 Å². The van der Waals surface area contributed by atoms with E-state index in [1.54, 1.807) is 18.0 Å². The van der Waals surface area contributed by atoms with Gasteiger partial charge >= 0.3 is 0 Å². The van der Waals surface area contributed by atoms with Gasteiger partial charge in [0, 0.05) is 12.7 Å². The molecule has 0 fully saturated rings. The molecule has 0 spiro atoms. The van der Waals surface area contributed by atoms with Crippen LogP contribution in [0.1, 0.15) is 12.0 Å². The van der Waals surface area contributed by atoms with Crippen LogP contribution < -0.4 is 11.1 Å². The van der Waals surface area contributed by atoms with Gasteiger partial charge in [0.2, 0.25) is 5.91 Å². The monoisotopic (exact) mass is 256 g/mol. The summed E-state index contributed by atoms with van der Waals surface area (Å²) in [4.78, 5) is 11.6. The van der Waals surface area contributed by atoms with Crippen molar-refractivity contribution >= 4 is 17.7 Å². The molecule has 0 bridgehead atoms. The van der Waals surface area contributed by atoms with Crippen LogP contribution in [0.3, 0.4) is 0 Å². The van der Waals surface area contributed by atoms with Crippen LogP contribution in [0.5, 0.6) is 0 Å². The summed E-state index contributed by atoms with van der Waals surface area (Å²) in [5, 5.41) is 6.95. The lowest BCUT2D eigenvalue weighted by Gasteiger charge is -2.11. The van der Waals surface area contributed by atoms with Crippen molar-refractivity contribution in [1.82, 2.24) is 15.1 Å². The van der Waals surface area contributed by atoms with Crippen molar-refractivity contribution < 1.29 is 4.79 Å². The normalized spacial score (nSPS) is 12.4. The van der Waals surface area contributed by atoms with E-state index in [1.807, 2.05) is 24.1 Å². The lowest BCUT2D eigenvalue weighted by Crippen LogP contribution is -2.42. The molecule has 0 aliphatic rings. The summed E-state index contributed by atoms with van der Waals surface area (Å²) in [5.74, 6) is 0.829. The highest BCUT2D eigenvalue weighted by Gasteiger charge is 2.11. The predicted octanol–water partition coefficient (Wildman–Crippen LogP) is 0.388. The highest BCUT2D eigenvalue weighted by Crippen LogP contribution is 1.98. The van der Waals surface area contributed by atoms with Crippen LogP contribution in [0.4, 0.5) is 0 Å². The number of carbonyl (C=O) groups is 1. The Morgan fingerprint density at radius 3 is 3.06 bits per heavy atom. The van der Waals surface area contributed by atoms with Crippen molar-refractivity contribution in [3.63, 3.8) is 0 Å². The first kappa shape index (κ1) is 14.1. The molecule has 0 aromatic carbocycles.